The average Bonchev–Trinajstić information content (AvgIpc) is 3.06. The molecule has 0 radical (unpaired) electrons. The predicted molar refractivity (Wildman–Crippen MR) is 89.4 cm³/mol. The van der Waals surface area contributed by atoms with Gasteiger partial charge in [0.05, 0.1) is 15.9 Å². The molecule has 22 heavy (non-hydrogen) atoms. The van der Waals surface area contributed by atoms with Gasteiger partial charge in [0, 0.05) is 13.6 Å². The summed E-state index contributed by atoms with van der Waals surface area (Å²) >= 11 is 2.15. The zero-order chi connectivity index (χ0) is 16.4. The second-order valence-corrected chi connectivity index (χ2v) is 7.05. The highest BCUT2D eigenvalue weighted by Crippen LogP contribution is 2.32. The summed E-state index contributed by atoms with van der Waals surface area (Å²) in [6, 6.07) is -0.772. The van der Waals surface area contributed by atoms with Crippen LogP contribution in [-0.4, -0.2) is 56.5 Å². The van der Waals surface area contributed by atoms with Gasteiger partial charge in [0.2, 0.25) is 5.91 Å². The number of carbonyl (C=O) groups is 2. The van der Waals surface area contributed by atoms with Crippen molar-refractivity contribution in [3.8, 4) is 0 Å². The minimum absolute atomic E-state index is 0.0911. The van der Waals surface area contributed by atoms with E-state index in [1.165, 1.54) is 7.05 Å². The van der Waals surface area contributed by atoms with Gasteiger partial charge < -0.3 is 15.0 Å². The molecule has 2 amide bonds. The normalized spacial score (nSPS) is 19.5. The molecule has 0 aromatic carbocycles. The molecule has 1 fully saturated rings. The van der Waals surface area contributed by atoms with E-state index in [4.69, 9.17) is 0 Å². The number of halogens is 1. The number of nitrogens with zero attached hydrogens (tertiary/aromatic N) is 3. The van der Waals surface area contributed by atoms with Crippen LogP contribution in [0.1, 0.15) is 38.6 Å². The van der Waals surface area contributed by atoms with Crippen molar-refractivity contribution in [3.05, 3.63) is 15.7 Å². The fourth-order valence-corrected chi connectivity index (χ4v) is 3.40. The number of rotatable bonds is 4. The third-order valence-corrected chi connectivity index (χ3v) is 4.57. The third-order valence-electron chi connectivity index (χ3n) is 4.02. The quantitative estimate of drug-likeness (QED) is 0.732. The SMILES string of the molecule is CC(C)[C@@H](C(=O)N1CCC[C@H]1c1ncc(I)[nH]1)N(C)C(=O)O. The first-order valence-corrected chi connectivity index (χ1v) is 8.37. The van der Waals surface area contributed by atoms with Gasteiger partial charge in [0.25, 0.3) is 0 Å². The van der Waals surface area contributed by atoms with Crippen LogP contribution >= 0.6 is 22.6 Å². The zero-order valence-electron chi connectivity index (χ0n) is 12.9. The van der Waals surface area contributed by atoms with E-state index in [9.17, 15) is 14.7 Å². The minimum atomic E-state index is -1.09. The molecule has 1 saturated heterocycles. The van der Waals surface area contributed by atoms with Crippen molar-refractivity contribution in [1.82, 2.24) is 19.8 Å². The van der Waals surface area contributed by atoms with Crippen molar-refractivity contribution >= 4 is 34.6 Å². The van der Waals surface area contributed by atoms with Crippen LogP contribution in [-0.2, 0) is 4.79 Å². The molecule has 122 valence electrons. The fraction of sp³-hybridized carbons (Fsp3) is 0.643. The van der Waals surface area contributed by atoms with E-state index in [0.29, 0.717) is 6.54 Å². The maximum atomic E-state index is 12.9. The largest absolute Gasteiger partial charge is 0.465 e. The Kier molecular flexibility index (Phi) is 5.30. The molecule has 1 aromatic heterocycles. The van der Waals surface area contributed by atoms with Crippen molar-refractivity contribution in [2.75, 3.05) is 13.6 Å². The number of hydrogen-bond donors (Lipinski definition) is 2. The van der Waals surface area contributed by atoms with Crippen molar-refractivity contribution in [1.29, 1.82) is 0 Å². The predicted octanol–water partition coefficient (Wildman–Crippen LogP) is 2.31. The number of carbonyl (C=O) groups excluding carboxylic acids is 1. The molecular formula is C14H21IN4O3. The van der Waals surface area contributed by atoms with Crippen LogP contribution in [0.25, 0.3) is 0 Å². The Morgan fingerprint density at radius 1 is 1.55 bits per heavy atom. The number of carboxylic acid groups (broad SMARTS) is 1. The Morgan fingerprint density at radius 2 is 2.23 bits per heavy atom. The highest BCUT2D eigenvalue weighted by molar-refractivity contribution is 14.1. The highest BCUT2D eigenvalue weighted by atomic mass is 127. The standard InChI is InChI=1S/C14H21IN4O3/c1-8(2)11(18(3)14(21)22)13(20)19-6-4-5-9(19)12-16-7-10(15)17-12/h7-9,11H,4-6H2,1-3H3,(H,16,17)(H,21,22)/t9-,11-/m0/s1. The molecule has 0 unspecified atom stereocenters. The Morgan fingerprint density at radius 3 is 2.73 bits per heavy atom. The molecule has 2 N–H and O–H groups in total. The molecule has 2 heterocycles. The summed E-state index contributed by atoms with van der Waals surface area (Å²) in [6.07, 6.45) is 2.39. The van der Waals surface area contributed by atoms with Crippen LogP contribution in [0.3, 0.4) is 0 Å². The first kappa shape index (κ1) is 17.0. The smallest absolute Gasteiger partial charge is 0.407 e. The van der Waals surface area contributed by atoms with Gasteiger partial charge >= 0.3 is 6.09 Å². The Bertz CT molecular complexity index is 560. The molecule has 8 heteroatoms. The molecular weight excluding hydrogens is 399 g/mol. The number of aromatic nitrogens is 2. The lowest BCUT2D eigenvalue weighted by atomic mass is 10.0. The lowest BCUT2D eigenvalue weighted by Crippen LogP contribution is -2.51. The minimum Gasteiger partial charge on any atom is -0.465 e. The van der Waals surface area contributed by atoms with Gasteiger partial charge in [-0.15, -0.1) is 0 Å². The van der Waals surface area contributed by atoms with Gasteiger partial charge in [-0.1, -0.05) is 13.8 Å². The molecule has 1 aliphatic heterocycles. The molecule has 2 atom stereocenters. The van der Waals surface area contributed by atoms with Gasteiger partial charge in [-0.3, -0.25) is 9.69 Å². The molecule has 0 aliphatic carbocycles. The first-order chi connectivity index (χ1) is 10.3. The fourth-order valence-electron chi connectivity index (χ4n) is 2.98. The molecule has 1 aromatic rings. The summed E-state index contributed by atoms with van der Waals surface area (Å²) in [5, 5.41) is 9.21. The summed E-state index contributed by atoms with van der Waals surface area (Å²) in [5.74, 6) is 0.538. The summed E-state index contributed by atoms with van der Waals surface area (Å²) in [7, 11) is 1.45. The molecule has 2 rings (SSSR count). The maximum absolute atomic E-state index is 12.9. The van der Waals surface area contributed by atoms with Crippen LogP contribution in [0.15, 0.2) is 6.20 Å². The van der Waals surface area contributed by atoms with Gasteiger partial charge in [0.15, 0.2) is 0 Å². The van der Waals surface area contributed by atoms with Gasteiger partial charge in [-0.25, -0.2) is 9.78 Å². The second kappa shape index (κ2) is 6.84. The monoisotopic (exact) mass is 420 g/mol. The van der Waals surface area contributed by atoms with E-state index >= 15 is 0 Å². The Balaban J connectivity index is 2.23. The molecule has 0 spiro atoms. The lowest BCUT2D eigenvalue weighted by Gasteiger charge is -2.33. The van der Waals surface area contributed by atoms with E-state index in [-0.39, 0.29) is 17.9 Å². The van der Waals surface area contributed by atoms with Gasteiger partial charge in [-0.2, -0.15) is 0 Å². The average molecular weight is 420 g/mol. The van der Waals surface area contributed by atoms with Crippen LogP contribution < -0.4 is 0 Å². The zero-order valence-corrected chi connectivity index (χ0v) is 15.1. The highest BCUT2D eigenvalue weighted by Gasteiger charge is 2.39. The Labute approximate surface area is 143 Å². The van der Waals surface area contributed by atoms with Crippen molar-refractivity contribution < 1.29 is 14.7 Å². The Hall–Kier alpha value is -1.32. The summed E-state index contributed by atoms with van der Waals surface area (Å²) < 4.78 is 0.926. The number of aromatic amines is 1. The van der Waals surface area contributed by atoms with E-state index in [0.717, 1.165) is 27.3 Å². The van der Waals surface area contributed by atoms with Crippen LogP contribution in [0.4, 0.5) is 4.79 Å². The number of likely N-dealkylation sites (N-methyl/N-ethyl adjacent to an activating group) is 1. The number of amides is 2. The number of hydrogen-bond acceptors (Lipinski definition) is 3. The second-order valence-electron chi connectivity index (χ2n) is 5.89. The number of nitrogens with one attached hydrogen (secondary N) is 1. The molecule has 0 bridgehead atoms. The van der Waals surface area contributed by atoms with Crippen molar-refractivity contribution in [2.24, 2.45) is 5.92 Å². The lowest BCUT2D eigenvalue weighted by molar-refractivity contribution is -0.138. The molecule has 1 aliphatic rings. The van der Waals surface area contributed by atoms with Crippen LogP contribution in [0.2, 0.25) is 0 Å². The maximum Gasteiger partial charge on any atom is 0.407 e. The van der Waals surface area contributed by atoms with Crippen LogP contribution in [0, 0.1) is 9.62 Å². The molecule has 0 saturated carbocycles. The first-order valence-electron chi connectivity index (χ1n) is 7.29. The van der Waals surface area contributed by atoms with E-state index in [1.54, 1.807) is 11.1 Å². The van der Waals surface area contributed by atoms with Gasteiger partial charge in [0.1, 0.15) is 11.9 Å². The van der Waals surface area contributed by atoms with E-state index in [2.05, 4.69) is 32.6 Å². The number of likely N-dealkylation sites (tertiary alicyclic amines) is 1. The number of H-pyrrole nitrogens is 1. The van der Waals surface area contributed by atoms with Crippen LogP contribution in [0.5, 0.6) is 0 Å². The third kappa shape index (κ3) is 3.36. The van der Waals surface area contributed by atoms with Crippen molar-refractivity contribution in [2.45, 2.75) is 38.8 Å². The van der Waals surface area contributed by atoms with E-state index in [1.807, 2.05) is 13.8 Å². The summed E-state index contributed by atoms with van der Waals surface area (Å²) in [5.41, 5.74) is 0. The number of imidazole rings is 1. The van der Waals surface area contributed by atoms with E-state index < -0.39 is 12.1 Å². The van der Waals surface area contributed by atoms with Crippen molar-refractivity contribution in [3.63, 3.8) is 0 Å². The summed E-state index contributed by atoms with van der Waals surface area (Å²) in [6.45, 7) is 4.36. The summed E-state index contributed by atoms with van der Waals surface area (Å²) in [4.78, 5) is 34.5. The van der Waals surface area contributed by atoms with Gasteiger partial charge in [-0.05, 0) is 41.4 Å². The topological polar surface area (TPSA) is 89.5 Å². The molecule has 7 nitrogen and oxygen atoms in total.